The van der Waals surface area contributed by atoms with Crippen LogP contribution in [-0.4, -0.2) is 25.0 Å². The number of hydrogen-bond donors (Lipinski definition) is 0. The highest BCUT2D eigenvalue weighted by atomic mass is 16.5. The lowest BCUT2D eigenvalue weighted by molar-refractivity contribution is 0.127. The molecule has 35 heavy (non-hydrogen) atoms. The van der Waals surface area contributed by atoms with E-state index in [0.717, 1.165) is 29.9 Å². The molecule has 0 aliphatic rings. The topological polar surface area (TPSA) is 21.6 Å². The Labute approximate surface area is 215 Å². The molecule has 0 heterocycles. The van der Waals surface area contributed by atoms with Gasteiger partial charge in [-0.2, -0.15) is 0 Å². The van der Waals surface area contributed by atoms with E-state index in [9.17, 15) is 0 Å². The highest BCUT2D eigenvalue weighted by molar-refractivity contribution is 6.13. The Kier molecular flexibility index (Phi) is 16.4. The van der Waals surface area contributed by atoms with Gasteiger partial charge < -0.3 is 4.74 Å². The molecule has 2 heteroatoms. The van der Waals surface area contributed by atoms with E-state index in [1.807, 2.05) is 36.4 Å². The summed E-state index contributed by atoms with van der Waals surface area (Å²) in [5.41, 5.74) is 3.08. The standard InChI is InChI=1S/C33H47NO/c1-3-5-6-7-8-9-10-11-12-13-14-15-16-23-28-35-29-32(4-2)34-33(30-24-19-17-20-25-30)31-26-21-18-22-27-31/h2,17-22,24-27,32H,3,5-16,23,28-29H2,1H3/t32-/m0/s1. The predicted octanol–water partition coefficient (Wildman–Crippen LogP) is 9.02. The summed E-state index contributed by atoms with van der Waals surface area (Å²) >= 11 is 0. The summed E-state index contributed by atoms with van der Waals surface area (Å²) in [6.45, 7) is 3.52. The highest BCUT2D eigenvalue weighted by Gasteiger charge is 2.10. The van der Waals surface area contributed by atoms with E-state index in [0.29, 0.717) is 6.61 Å². The molecule has 0 saturated heterocycles. The van der Waals surface area contributed by atoms with Crippen LogP contribution in [-0.2, 0) is 4.74 Å². The molecule has 0 fully saturated rings. The number of hydrogen-bond acceptors (Lipinski definition) is 2. The lowest BCUT2D eigenvalue weighted by Crippen LogP contribution is -2.16. The summed E-state index contributed by atoms with van der Waals surface area (Å²) in [6, 6.07) is 20.2. The first kappa shape index (κ1) is 28.9. The van der Waals surface area contributed by atoms with Gasteiger partial charge in [-0.15, -0.1) is 6.42 Å². The van der Waals surface area contributed by atoms with Gasteiger partial charge in [0.05, 0.1) is 12.3 Å². The molecule has 1 atom stereocenters. The van der Waals surface area contributed by atoms with E-state index in [2.05, 4.69) is 37.1 Å². The van der Waals surface area contributed by atoms with Gasteiger partial charge in [-0.05, 0) is 6.42 Å². The van der Waals surface area contributed by atoms with Gasteiger partial charge in [0.25, 0.3) is 0 Å². The van der Waals surface area contributed by atoms with Crippen LogP contribution < -0.4 is 0 Å². The molecule has 0 spiro atoms. The van der Waals surface area contributed by atoms with Crippen LogP contribution in [0.25, 0.3) is 0 Å². The van der Waals surface area contributed by atoms with Crippen molar-refractivity contribution in [2.24, 2.45) is 4.99 Å². The molecule has 2 nitrogen and oxygen atoms in total. The number of ether oxygens (including phenoxy) is 1. The molecule has 0 radical (unpaired) electrons. The molecule has 0 aliphatic heterocycles. The zero-order chi connectivity index (χ0) is 24.8. The average molecular weight is 474 g/mol. The van der Waals surface area contributed by atoms with E-state index < -0.39 is 0 Å². The molecule has 190 valence electrons. The first-order chi connectivity index (χ1) is 17.3. The number of aliphatic imine (C=N–C) groups is 1. The average Bonchev–Trinajstić information content (AvgIpc) is 2.91. The summed E-state index contributed by atoms with van der Waals surface area (Å²) in [4.78, 5) is 4.90. The molecule has 0 aromatic heterocycles. The van der Waals surface area contributed by atoms with Crippen LogP contribution in [0.5, 0.6) is 0 Å². The smallest absolute Gasteiger partial charge is 0.134 e. The normalized spacial score (nSPS) is 11.7. The highest BCUT2D eigenvalue weighted by Crippen LogP contribution is 2.14. The van der Waals surface area contributed by atoms with Crippen molar-refractivity contribution < 1.29 is 4.74 Å². The van der Waals surface area contributed by atoms with Gasteiger partial charge in [-0.25, -0.2) is 0 Å². The maximum absolute atomic E-state index is 5.92. The molecule has 0 aliphatic carbocycles. The minimum Gasteiger partial charge on any atom is -0.378 e. The van der Waals surface area contributed by atoms with Gasteiger partial charge >= 0.3 is 0 Å². The SMILES string of the molecule is C#C[C@@H](COCCCCCCCCCCCCCCCC)N=C(c1ccccc1)c1ccccc1. The largest absolute Gasteiger partial charge is 0.378 e. The van der Waals surface area contributed by atoms with E-state index >= 15 is 0 Å². The number of terminal acetylenes is 1. The fraction of sp³-hybridized carbons (Fsp3) is 0.545. The van der Waals surface area contributed by atoms with Crippen LogP contribution in [0.15, 0.2) is 65.7 Å². The van der Waals surface area contributed by atoms with E-state index in [1.165, 1.54) is 83.5 Å². The number of nitrogens with zero attached hydrogens (tertiary/aromatic N) is 1. The molecule has 2 aromatic rings. The van der Waals surface area contributed by atoms with Crippen LogP contribution in [0.3, 0.4) is 0 Å². The Bertz CT molecular complexity index is 780. The second kappa shape index (κ2) is 19.9. The fourth-order valence-corrected chi connectivity index (χ4v) is 4.38. The first-order valence-corrected chi connectivity index (χ1v) is 14.1. The van der Waals surface area contributed by atoms with Gasteiger partial charge in [0.2, 0.25) is 0 Å². The molecule has 0 bridgehead atoms. The molecule has 2 rings (SSSR count). The Morgan fingerprint density at radius 2 is 1.11 bits per heavy atom. The van der Waals surface area contributed by atoms with E-state index in [4.69, 9.17) is 16.2 Å². The lowest BCUT2D eigenvalue weighted by Gasteiger charge is -2.12. The van der Waals surface area contributed by atoms with Crippen molar-refractivity contribution in [3.05, 3.63) is 71.8 Å². The van der Waals surface area contributed by atoms with Gasteiger partial charge in [-0.3, -0.25) is 4.99 Å². The molecule has 0 saturated carbocycles. The van der Waals surface area contributed by atoms with E-state index in [1.54, 1.807) is 0 Å². The van der Waals surface area contributed by atoms with Crippen LogP contribution in [0.2, 0.25) is 0 Å². The van der Waals surface area contributed by atoms with E-state index in [-0.39, 0.29) is 6.04 Å². The Balaban J connectivity index is 1.57. The zero-order valence-electron chi connectivity index (χ0n) is 22.1. The second-order valence-corrected chi connectivity index (χ2v) is 9.56. The monoisotopic (exact) mass is 473 g/mol. The van der Waals surface area contributed by atoms with Crippen LogP contribution in [0.1, 0.15) is 108 Å². The van der Waals surface area contributed by atoms with Crippen molar-refractivity contribution in [1.29, 1.82) is 0 Å². The summed E-state index contributed by atoms with van der Waals surface area (Å²) in [5.74, 6) is 2.81. The third-order valence-corrected chi connectivity index (χ3v) is 6.49. The molecule has 0 unspecified atom stereocenters. The number of rotatable bonds is 20. The minimum atomic E-state index is -0.281. The van der Waals surface area contributed by atoms with Crippen LogP contribution in [0, 0.1) is 12.3 Å². The molecular formula is C33H47NO. The van der Waals surface area contributed by atoms with Gasteiger partial charge in [0, 0.05) is 17.7 Å². The third kappa shape index (κ3) is 13.3. The summed E-state index contributed by atoms with van der Waals surface area (Å²) in [5, 5.41) is 0. The zero-order valence-corrected chi connectivity index (χ0v) is 22.1. The molecule has 2 aromatic carbocycles. The fourth-order valence-electron chi connectivity index (χ4n) is 4.38. The van der Waals surface area contributed by atoms with Crippen molar-refractivity contribution in [3.63, 3.8) is 0 Å². The van der Waals surface area contributed by atoms with Crippen LogP contribution in [0.4, 0.5) is 0 Å². The van der Waals surface area contributed by atoms with Gasteiger partial charge in [-0.1, -0.05) is 157 Å². The second-order valence-electron chi connectivity index (χ2n) is 9.56. The maximum Gasteiger partial charge on any atom is 0.134 e. The van der Waals surface area contributed by atoms with Crippen LogP contribution >= 0.6 is 0 Å². The predicted molar refractivity (Wildman–Crippen MR) is 152 cm³/mol. The third-order valence-electron chi connectivity index (χ3n) is 6.49. The Morgan fingerprint density at radius 1 is 0.686 bits per heavy atom. The maximum atomic E-state index is 5.92. The molecule has 0 amide bonds. The van der Waals surface area contributed by atoms with Crippen molar-refractivity contribution >= 4 is 5.71 Å². The number of unbranched alkanes of at least 4 members (excludes halogenated alkanes) is 13. The summed E-state index contributed by atoms with van der Waals surface area (Å²) < 4.78 is 5.92. The summed E-state index contributed by atoms with van der Waals surface area (Å²) in [6.07, 6.45) is 24.9. The van der Waals surface area contributed by atoms with Crippen molar-refractivity contribution in [3.8, 4) is 12.3 Å². The summed E-state index contributed by atoms with van der Waals surface area (Å²) in [7, 11) is 0. The Hall–Kier alpha value is -2.37. The van der Waals surface area contributed by atoms with Crippen molar-refractivity contribution in [2.75, 3.05) is 13.2 Å². The first-order valence-electron chi connectivity index (χ1n) is 14.1. The lowest BCUT2D eigenvalue weighted by atomic mass is 10.0. The van der Waals surface area contributed by atoms with Crippen molar-refractivity contribution in [1.82, 2.24) is 0 Å². The van der Waals surface area contributed by atoms with Gasteiger partial charge in [0.15, 0.2) is 0 Å². The van der Waals surface area contributed by atoms with Gasteiger partial charge in [0.1, 0.15) is 6.04 Å². The minimum absolute atomic E-state index is 0.281. The molecule has 0 N–H and O–H groups in total. The number of benzene rings is 2. The Morgan fingerprint density at radius 3 is 1.54 bits per heavy atom. The van der Waals surface area contributed by atoms with Crippen molar-refractivity contribution in [2.45, 2.75) is 103 Å². The quantitative estimate of drug-likeness (QED) is 0.107. The molecular weight excluding hydrogens is 426 g/mol.